The van der Waals surface area contributed by atoms with Gasteiger partial charge in [0.05, 0.1) is 17.4 Å². The molecule has 130 valence electrons. The summed E-state index contributed by atoms with van der Waals surface area (Å²) >= 11 is 5.64. The van der Waals surface area contributed by atoms with Crippen LogP contribution in [0.25, 0.3) is 0 Å². The smallest absolute Gasteiger partial charge is 0.305 e. The van der Waals surface area contributed by atoms with Gasteiger partial charge in [-0.05, 0) is 25.1 Å². The molecule has 1 aliphatic rings. The number of anilines is 1. The number of nitrogens with zero attached hydrogens (tertiary/aromatic N) is 2. The maximum absolute atomic E-state index is 13.6. The highest BCUT2D eigenvalue weighted by atomic mass is 35.5. The van der Waals surface area contributed by atoms with E-state index < -0.39 is 17.7 Å². The van der Waals surface area contributed by atoms with E-state index in [0.717, 1.165) is 6.07 Å². The van der Waals surface area contributed by atoms with Crippen molar-refractivity contribution < 1.29 is 23.9 Å². The van der Waals surface area contributed by atoms with Crippen molar-refractivity contribution >= 4 is 35.1 Å². The normalized spacial score (nSPS) is 17.2. The topological polar surface area (TPSA) is 77.9 Å². The Morgan fingerprint density at radius 1 is 1.46 bits per heavy atom. The van der Waals surface area contributed by atoms with Gasteiger partial charge in [0.2, 0.25) is 11.8 Å². The minimum atomic E-state index is -0.984. The summed E-state index contributed by atoms with van der Waals surface area (Å²) in [5, 5.41) is 8.70. The van der Waals surface area contributed by atoms with Crippen molar-refractivity contribution in [1.29, 1.82) is 0 Å². The highest BCUT2D eigenvalue weighted by Gasteiger charge is 2.37. The zero-order chi connectivity index (χ0) is 17.9. The zero-order valence-electron chi connectivity index (χ0n) is 13.2. The molecule has 0 spiro atoms. The fourth-order valence-electron chi connectivity index (χ4n) is 2.69. The third-order valence-electron chi connectivity index (χ3n) is 3.98. The van der Waals surface area contributed by atoms with Crippen molar-refractivity contribution in [3.63, 3.8) is 0 Å². The van der Waals surface area contributed by atoms with Crippen LogP contribution in [0.4, 0.5) is 10.1 Å². The molecule has 1 aliphatic heterocycles. The summed E-state index contributed by atoms with van der Waals surface area (Å²) in [5.74, 6) is -2.71. The van der Waals surface area contributed by atoms with Crippen LogP contribution in [0.1, 0.15) is 19.8 Å². The van der Waals surface area contributed by atoms with E-state index >= 15 is 0 Å². The second kappa shape index (κ2) is 7.61. The van der Waals surface area contributed by atoms with Crippen LogP contribution in [-0.2, 0) is 14.4 Å². The maximum atomic E-state index is 13.6. The summed E-state index contributed by atoms with van der Waals surface area (Å²) < 4.78 is 13.6. The summed E-state index contributed by atoms with van der Waals surface area (Å²) in [5.41, 5.74) is 0.353. The third-order valence-corrected chi connectivity index (χ3v) is 4.28. The molecule has 0 bridgehead atoms. The number of benzene rings is 1. The van der Waals surface area contributed by atoms with Gasteiger partial charge >= 0.3 is 5.97 Å². The van der Waals surface area contributed by atoms with Gasteiger partial charge in [-0.25, -0.2) is 4.39 Å². The van der Waals surface area contributed by atoms with Crippen molar-refractivity contribution in [3.8, 4) is 0 Å². The van der Waals surface area contributed by atoms with Gasteiger partial charge in [-0.2, -0.15) is 0 Å². The van der Waals surface area contributed by atoms with Gasteiger partial charge in [0.1, 0.15) is 5.82 Å². The molecule has 2 amide bonds. The second-order valence-corrected chi connectivity index (χ2v) is 5.97. The minimum Gasteiger partial charge on any atom is -0.481 e. The lowest BCUT2D eigenvalue weighted by molar-refractivity contribution is -0.139. The molecule has 1 unspecified atom stereocenters. The number of rotatable bonds is 6. The SMILES string of the molecule is CCN(CCC(=O)O)C(=O)C1CC(=O)N(c2ccc(Cl)c(F)c2)C1. The molecule has 6 nitrogen and oxygen atoms in total. The van der Waals surface area contributed by atoms with Crippen LogP contribution >= 0.6 is 11.6 Å². The van der Waals surface area contributed by atoms with Crippen molar-refractivity contribution in [3.05, 3.63) is 29.0 Å². The molecule has 0 radical (unpaired) electrons. The summed E-state index contributed by atoms with van der Waals surface area (Å²) in [6.45, 7) is 2.36. The minimum absolute atomic E-state index is 0.0205. The van der Waals surface area contributed by atoms with Crippen LogP contribution in [0.2, 0.25) is 5.02 Å². The lowest BCUT2D eigenvalue weighted by Gasteiger charge is -2.23. The Morgan fingerprint density at radius 3 is 2.75 bits per heavy atom. The zero-order valence-corrected chi connectivity index (χ0v) is 13.9. The Hall–Kier alpha value is -2.15. The third kappa shape index (κ3) is 4.03. The van der Waals surface area contributed by atoms with Gasteiger partial charge in [-0.3, -0.25) is 14.4 Å². The van der Waals surface area contributed by atoms with Crippen molar-refractivity contribution in [1.82, 2.24) is 4.90 Å². The predicted octanol–water partition coefficient (Wildman–Crippen LogP) is 2.16. The van der Waals surface area contributed by atoms with E-state index in [2.05, 4.69) is 0 Å². The monoisotopic (exact) mass is 356 g/mol. The molecule has 1 saturated heterocycles. The molecular weight excluding hydrogens is 339 g/mol. The number of hydrogen-bond acceptors (Lipinski definition) is 3. The fourth-order valence-corrected chi connectivity index (χ4v) is 2.81. The Kier molecular flexibility index (Phi) is 5.77. The summed E-state index contributed by atoms with van der Waals surface area (Å²) in [7, 11) is 0. The Labute approximate surface area is 143 Å². The molecule has 1 heterocycles. The average molecular weight is 357 g/mol. The first kappa shape index (κ1) is 18.2. The van der Waals surface area contributed by atoms with Gasteiger partial charge in [0.15, 0.2) is 0 Å². The first-order valence-corrected chi connectivity index (χ1v) is 7.97. The van der Waals surface area contributed by atoms with Gasteiger partial charge < -0.3 is 14.9 Å². The molecule has 24 heavy (non-hydrogen) atoms. The van der Waals surface area contributed by atoms with Crippen molar-refractivity contribution in [2.24, 2.45) is 5.92 Å². The lowest BCUT2D eigenvalue weighted by atomic mass is 10.1. The molecule has 1 atom stereocenters. The van der Waals surface area contributed by atoms with Gasteiger partial charge in [-0.1, -0.05) is 11.6 Å². The standard InChI is InChI=1S/C16H18ClFN2O4/c1-2-19(6-5-15(22)23)16(24)10-7-14(21)20(9-10)11-3-4-12(17)13(18)8-11/h3-4,8,10H,2,5-7,9H2,1H3,(H,22,23). The van der Waals surface area contributed by atoms with Gasteiger partial charge in [0, 0.05) is 31.7 Å². The summed E-state index contributed by atoms with van der Waals surface area (Å²) in [4.78, 5) is 38.1. The Balaban J connectivity index is 2.08. The molecule has 2 rings (SSSR count). The molecule has 8 heteroatoms. The van der Waals surface area contributed by atoms with E-state index in [1.54, 1.807) is 6.92 Å². The highest BCUT2D eigenvalue weighted by Crippen LogP contribution is 2.28. The number of amides is 2. The molecule has 1 aromatic rings. The van der Waals surface area contributed by atoms with Crippen LogP contribution in [0.3, 0.4) is 0 Å². The summed E-state index contributed by atoms with van der Waals surface area (Å²) in [6.07, 6.45) is -0.126. The average Bonchev–Trinajstić information content (AvgIpc) is 2.92. The van der Waals surface area contributed by atoms with E-state index in [-0.39, 0.29) is 42.8 Å². The largest absolute Gasteiger partial charge is 0.481 e. The first-order valence-electron chi connectivity index (χ1n) is 7.59. The molecule has 1 fully saturated rings. The number of carboxylic acid groups (broad SMARTS) is 1. The van der Waals surface area contributed by atoms with Crippen LogP contribution in [-0.4, -0.2) is 47.4 Å². The number of halogens is 2. The molecule has 0 saturated carbocycles. The number of carbonyl (C=O) groups excluding carboxylic acids is 2. The molecule has 1 N–H and O–H groups in total. The van der Waals surface area contributed by atoms with E-state index in [4.69, 9.17) is 16.7 Å². The van der Waals surface area contributed by atoms with Crippen LogP contribution < -0.4 is 4.90 Å². The second-order valence-electron chi connectivity index (χ2n) is 5.57. The van der Waals surface area contributed by atoms with E-state index in [0.29, 0.717) is 12.2 Å². The van der Waals surface area contributed by atoms with E-state index in [1.165, 1.54) is 21.9 Å². The number of aliphatic carboxylic acids is 1. The van der Waals surface area contributed by atoms with E-state index in [1.807, 2.05) is 0 Å². The number of carboxylic acids is 1. The van der Waals surface area contributed by atoms with Crippen molar-refractivity contribution in [2.75, 3.05) is 24.5 Å². The summed E-state index contributed by atoms with van der Waals surface area (Å²) in [6, 6.07) is 4.05. The number of hydrogen-bond donors (Lipinski definition) is 1. The van der Waals surface area contributed by atoms with Gasteiger partial charge in [-0.15, -0.1) is 0 Å². The maximum Gasteiger partial charge on any atom is 0.305 e. The first-order chi connectivity index (χ1) is 11.3. The van der Waals surface area contributed by atoms with Crippen LogP contribution in [0, 0.1) is 11.7 Å². The van der Waals surface area contributed by atoms with Gasteiger partial charge in [0.25, 0.3) is 0 Å². The highest BCUT2D eigenvalue weighted by molar-refractivity contribution is 6.30. The van der Waals surface area contributed by atoms with Crippen LogP contribution in [0.15, 0.2) is 18.2 Å². The van der Waals surface area contributed by atoms with E-state index in [9.17, 15) is 18.8 Å². The molecule has 0 aliphatic carbocycles. The quantitative estimate of drug-likeness (QED) is 0.847. The fraction of sp³-hybridized carbons (Fsp3) is 0.438. The Morgan fingerprint density at radius 2 is 2.17 bits per heavy atom. The van der Waals surface area contributed by atoms with Crippen molar-refractivity contribution in [2.45, 2.75) is 19.8 Å². The Bertz CT molecular complexity index is 667. The number of carbonyl (C=O) groups is 3. The molecular formula is C16H18ClFN2O4. The predicted molar refractivity (Wildman–Crippen MR) is 86.4 cm³/mol. The molecule has 0 aromatic heterocycles. The van der Waals surface area contributed by atoms with Crippen LogP contribution in [0.5, 0.6) is 0 Å². The molecule has 1 aromatic carbocycles. The lowest BCUT2D eigenvalue weighted by Crippen LogP contribution is -2.38.